The van der Waals surface area contributed by atoms with Gasteiger partial charge in [-0.05, 0) is 61.1 Å². The molecule has 0 spiro atoms. The lowest BCUT2D eigenvalue weighted by Crippen LogP contribution is -2.23. The van der Waals surface area contributed by atoms with Gasteiger partial charge in [0.15, 0.2) is 0 Å². The monoisotopic (exact) mass is 472 g/mol. The molecule has 32 heavy (non-hydrogen) atoms. The van der Waals surface area contributed by atoms with Crippen molar-refractivity contribution in [3.63, 3.8) is 0 Å². The van der Waals surface area contributed by atoms with Crippen LogP contribution in [0.2, 0.25) is 5.02 Å². The highest BCUT2D eigenvalue weighted by Gasteiger charge is 2.34. The first-order chi connectivity index (χ1) is 15.3. The molecule has 1 atom stereocenters. The van der Waals surface area contributed by atoms with E-state index in [0.717, 1.165) is 37.8 Å². The van der Waals surface area contributed by atoms with E-state index in [1.54, 1.807) is 19.1 Å². The van der Waals surface area contributed by atoms with Crippen LogP contribution in [0.1, 0.15) is 49.7 Å². The first-order valence-corrected chi connectivity index (χ1v) is 11.0. The van der Waals surface area contributed by atoms with Gasteiger partial charge in [-0.1, -0.05) is 36.6 Å². The van der Waals surface area contributed by atoms with E-state index in [1.807, 2.05) is 0 Å². The molecule has 0 bridgehead atoms. The average molecular weight is 473 g/mol. The Balaban J connectivity index is 2.10. The Bertz CT molecular complexity index is 922. The van der Waals surface area contributed by atoms with E-state index in [0.29, 0.717) is 16.7 Å². The number of esters is 1. The van der Waals surface area contributed by atoms with Crippen LogP contribution in [0.5, 0.6) is 5.75 Å². The minimum atomic E-state index is -4.47. The number of carbonyl (C=O) groups is 1. The maximum absolute atomic E-state index is 13.0. The summed E-state index contributed by atoms with van der Waals surface area (Å²) in [5.41, 5.74) is 0.652. The van der Waals surface area contributed by atoms with Gasteiger partial charge in [-0.15, -0.1) is 0 Å². The van der Waals surface area contributed by atoms with Gasteiger partial charge < -0.3 is 9.47 Å². The third-order valence-corrected chi connectivity index (χ3v) is 5.96. The van der Waals surface area contributed by atoms with Crippen LogP contribution in [-0.4, -0.2) is 25.9 Å². The number of hydrogen-bond acceptors (Lipinski definition) is 3. The minimum Gasteiger partial charge on any atom is -0.489 e. The Morgan fingerprint density at radius 2 is 1.81 bits per heavy atom. The number of alkyl halides is 4. The van der Waals surface area contributed by atoms with Crippen LogP contribution in [0.4, 0.5) is 17.6 Å². The molecule has 1 aliphatic carbocycles. The zero-order chi connectivity index (χ0) is 23.3. The minimum absolute atomic E-state index is 0.0863. The van der Waals surface area contributed by atoms with Crippen LogP contribution in [-0.2, 0) is 15.7 Å². The highest BCUT2D eigenvalue weighted by molar-refractivity contribution is 6.32. The standard InChI is InChI=1S/C24H25ClF4O3/c1-2-31-23(30)21(16-5-3-4-6-16)17-13-19(22(20(25)14-17)32-12-11-26)15-7-9-18(10-8-15)24(27,28)29/h7-10,13-14,16,21H,2-6,11-12H2,1H3. The van der Waals surface area contributed by atoms with Crippen LogP contribution in [0.25, 0.3) is 11.1 Å². The summed E-state index contributed by atoms with van der Waals surface area (Å²) in [5, 5.41) is 0.165. The second-order valence-corrected chi connectivity index (χ2v) is 8.17. The topological polar surface area (TPSA) is 35.5 Å². The molecule has 2 aromatic carbocycles. The second-order valence-electron chi connectivity index (χ2n) is 7.77. The third kappa shape index (κ3) is 5.55. The number of carbonyl (C=O) groups excluding carboxylic acids is 1. The molecule has 174 valence electrons. The third-order valence-electron chi connectivity index (χ3n) is 5.68. The van der Waals surface area contributed by atoms with Gasteiger partial charge in [0.05, 0.1) is 23.1 Å². The second kappa shape index (κ2) is 10.6. The summed E-state index contributed by atoms with van der Waals surface area (Å²) in [4.78, 5) is 12.8. The van der Waals surface area contributed by atoms with Gasteiger partial charge in [0, 0.05) is 5.56 Å². The molecule has 2 aromatic rings. The van der Waals surface area contributed by atoms with Gasteiger partial charge in [0.1, 0.15) is 19.0 Å². The summed E-state index contributed by atoms with van der Waals surface area (Å²) in [7, 11) is 0. The summed E-state index contributed by atoms with van der Waals surface area (Å²) < 4.78 is 62.6. The van der Waals surface area contributed by atoms with Crippen molar-refractivity contribution in [2.24, 2.45) is 5.92 Å². The number of rotatable bonds is 8. The van der Waals surface area contributed by atoms with Gasteiger partial charge in [-0.25, -0.2) is 4.39 Å². The Morgan fingerprint density at radius 3 is 2.38 bits per heavy atom. The van der Waals surface area contributed by atoms with E-state index in [4.69, 9.17) is 21.1 Å². The molecule has 0 heterocycles. The summed E-state index contributed by atoms with van der Waals surface area (Å²) in [6, 6.07) is 7.87. The fraction of sp³-hybridized carbons (Fsp3) is 0.458. The lowest BCUT2D eigenvalue weighted by atomic mass is 9.83. The normalized spacial score (nSPS) is 15.6. The molecule has 1 unspecified atom stereocenters. The quantitative estimate of drug-likeness (QED) is 0.301. The Labute approximate surface area is 189 Å². The molecule has 1 saturated carbocycles. The lowest BCUT2D eigenvalue weighted by molar-refractivity contribution is -0.146. The maximum Gasteiger partial charge on any atom is 0.416 e. The molecule has 3 rings (SSSR count). The molecule has 0 N–H and O–H groups in total. The van der Waals surface area contributed by atoms with Gasteiger partial charge in [-0.2, -0.15) is 13.2 Å². The van der Waals surface area contributed by atoms with E-state index in [1.165, 1.54) is 12.1 Å². The van der Waals surface area contributed by atoms with Crippen molar-refractivity contribution in [1.29, 1.82) is 0 Å². The molecule has 8 heteroatoms. The van der Waals surface area contributed by atoms with Crippen LogP contribution in [0.3, 0.4) is 0 Å². The van der Waals surface area contributed by atoms with Crippen molar-refractivity contribution in [1.82, 2.24) is 0 Å². The average Bonchev–Trinajstić information content (AvgIpc) is 3.27. The Morgan fingerprint density at radius 1 is 1.16 bits per heavy atom. The summed E-state index contributed by atoms with van der Waals surface area (Å²) in [6.45, 7) is 0.964. The van der Waals surface area contributed by atoms with E-state index < -0.39 is 24.3 Å². The first-order valence-electron chi connectivity index (χ1n) is 10.6. The highest BCUT2D eigenvalue weighted by Crippen LogP contribution is 2.44. The molecule has 1 aliphatic rings. The molecule has 0 aliphatic heterocycles. The molecule has 0 amide bonds. The SMILES string of the molecule is CCOC(=O)C(c1cc(Cl)c(OCCF)c(-c2ccc(C(F)(F)F)cc2)c1)C1CCCC1. The van der Waals surface area contributed by atoms with E-state index in [-0.39, 0.29) is 35.9 Å². The predicted molar refractivity (Wildman–Crippen MR) is 115 cm³/mol. The molecule has 1 fully saturated rings. The van der Waals surface area contributed by atoms with Crippen molar-refractivity contribution in [3.8, 4) is 16.9 Å². The smallest absolute Gasteiger partial charge is 0.416 e. The fourth-order valence-corrected chi connectivity index (χ4v) is 4.54. The van der Waals surface area contributed by atoms with Gasteiger partial charge >= 0.3 is 12.1 Å². The molecular weight excluding hydrogens is 448 g/mol. The molecule has 3 nitrogen and oxygen atoms in total. The van der Waals surface area contributed by atoms with Crippen LogP contribution in [0, 0.1) is 5.92 Å². The number of hydrogen-bond donors (Lipinski definition) is 0. The summed E-state index contributed by atoms with van der Waals surface area (Å²) >= 11 is 6.48. The zero-order valence-corrected chi connectivity index (χ0v) is 18.4. The zero-order valence-electron chi connectivity index (χ0n) is 17.7. The van der Waals surface area contributed by atoms with Gasteiger partial charge in [0.2, 0.25) is 0 Å². The van der Waals surface area contributed by atoms with Gasteiger partial charge in [0.25, 0.3) is 0 Å². The van der Waals surface area contributed by atoms with E-state index in [2.05, 4.69) is 0 Å². The Hall–Kier alpha value is -2.28. The fourth-order valence-electron chi connectivity index (χ4n) is 4.26. The largest absolute Gasteiger partial charge is 0.489 e. The predicted octanol–water partition coefficient (Wildman–Crippen LogP) is 7.21. The molecular formula is C24H25ClF4O3. The first kappa shape index (κ1) is 24.4. The number of ether oxygens (including phenoxy) is 2. The van der Waals surface area contributed by atoms with Crippen molar-refractivity contribution < 1.29 is 31.8 Å². The van der Waals surface area contributed by atoms with E-state index in [9.17, 15) is 22.4 Å². The van der Waals surface area contributed by atoms with Crippen LogP contribution < -0.4 is 4.74 Å². The van der Waals surface area contributed by atoms with Crippen molar-refractivity contribution in [3.05, 3.63) is 52.5 Å². The van der Waals surface area contributed by atoms with E-state index >= 15 is 0 Å². The summed E-state index contributed by atoms with van der Waals surface area (Å²) in [5.74, 6) is -0.644. The van der Waals surface area contributed by atoms with Crippen molar-refractivity contribution in [2.45, 2.75) is 44.7 Å². The van der Waals surface area contributed by atoms with Crippen LogP contribution in [0.15, 0.2) is 36.4 Å². The van der Waals surface area contributed by atoms with Crippen molar-refractivity contribution in [2.75, 3.05) is 19.9 Å². The van der Waals surface area contributed by atoms with Crippen molar-refractivity contribution >= 4 is 17.6 Å². The lowest BCUT2D eigenvalue weighted by Gasteiger charge is -2.24. The van der Waals surface area contributed by atoms with Gasteiger partial charge in [-0.3, -0.25) is 4.79 Å². The number of halogens is 5. The molecule has 0 saturated heterocycles. The maximum atomic E-state index is 13.0. The molecule has 0 radical (unpaired) electrons. The Kier molecular flexibility index (Phi) is 8.04. The number of benzene rings is 2. The summed E-state index contributed by atoms with van der Waals surface area (Å²) in [6.07, 6.45) is -0.702. The highest BCUT2D eigenvalue weighted by atomic mass is 35.5. The van der Waals surface area contributed by atoms with Crippen LogP contribution >= 0.6 is 11.6 Å². The molecule has 0 aromatic heterocycles.